The number of fused-ring (bicyclic) bond motifs is 9. The van der Waals surface area contributed by atoms with Gasteiger partial charge in [-0.15, -0.1) is 0 Å². The largest absolute Gasteiger partial charge is 0.0879 e. The summed E-state index contributed by atoms with van der Waals surface area (Å²) in [6, 6.07) is 0. The van der Waals surface area contributed by atoms with Crippen LogP contribution < -0.4 is 0 Å². The maximum absolute atomic E-state index is 2.44. The Morgan fingerprint density at radius 1 is 0.542 bits per heavy atom. The van der Waals surface area contributed by atoms with Crippen LogP contribution in [0.4, 0.5) is 0 Å². The summed E-state index contributed by atoms with van der Waals surface area (Å²) < 4.78 is 0. The zero-order chi connectivity index (χ0) is 15.9. The first kappa shape index (κ1) is 15.0. The van der Waals surface area contributed by atoms with Gasteiger partial charge >= 0.3 is 0 Å². The van der Waals surface area contributed by atoms with E-state index in [9.17, 15) is 0 Å². The minimum absolute atomic E-state index is 0.810. The first-order chi connectivity index (χ1) is 11.8. The maximum atomic E-state index is 2.44. The van der Waals surface area contributed by atoms with Crippen molar-refractivity contribution in [1.82, 2.24) is 0 Å². The van der Waals surface area contributed by atoms with E-state index in [0.717, 1.165) is 47.3 Å². The average molecular weight is 319 g/mol. The first-order valence-electron chi connectivity index (χ1n) is 10.2. The fraction of sp³-hybridized carbons (Fsp3) is 0.583. The van der Waals surface area contributed by atoms with Crippen molar-refractivity contribution in [2.24, 2.45) is 47.3 Å². The lowest BCUT2D eigenvalue weighted by molar-refractivity contribution is 0.398. The van der Waals surface area contributed by atoms with Gasteiger partial charge in [-0.1, -0.05) is 60.8 Å². The van der Waals surface area contributed by atoms with Crippen molar-refractivity contribution in [1.29, 1.82) is 0 Å². The lowest BCUT2D eigenvalue weighted by Crippen LogP contribution is -2.12. The van der Waals surface area contributed by atoms with E-state index in [-0.39, 0.29) is 0 Å². The van der Waals surface area contributed by atoms with Crippen LogP contribution in [-0.2, 0) is 0 Å². The van der Waals surface area contributed by atoms with Crippen LogP contribution in [0.3, 0.4) is 0 Å². The molecule has 0 N–H and O–H groups in total. The standard InChI is InChI=1S/C10H12.C7H10.C7H8/c1-2-9-7-4-5-8(6-7)10(9)3-1;2*1-2-7-4-3-6(1)5-7/h1-2,4-5,7-10H,3,6H2;1-2,6-7H,3-5H2;1-4,6-7H,5H2. The van der Waals surface area contributed by atoms with E-state index < -0.39 is 0 Å². The van der Waals surface area contributed by atoms with Crippen LogP contribution in [0.15, 0.2) is 60.8 Å². The Balaban J connectivity index is 0.0000000839. The van der Waals surface area contributed by atoms with E-state index in [1.165, 1.54) is 38.5 Å². The molecule has 2 fully saturated rings. The number of hydrogen-bond donors (Lipinski definition) is 0. The van der Waals surface area contributed by atoms with Crippen molar-refractivity contribution in [3.63, 3.8) is 0 Å². The van der Waals surface area contributed by atoms with Crippen molar-refractivity contribution < 1.29 is 0 Å². The van der Waals surface area contributed by atoms with Crippen molar-refractivity contribution in [3.8, 4) is 0 Å². The van der Waals surface area contributed by atoms with E-state index in [2.05, 4.69) is 60.8 Å². The maximum Gasteiger partial charge on any atom is -0.00445 e. The second-order valence-corrected chi connectivity index (χ2v) is 8.90. The Hall–Kier alpha value is -1.30. The van der Waals surface area contributed by atoms with Gasteiger partial charge in [-0.05, 0) is 85.9 Å². The Labute approximate surface area is 147 Å². The Bertz CT molecular complexity index is 573. The lowest BCUT2D eigenvalue weighted by atomic mass is 9.86. The van der Waals surface area contributed by atoms with Crippen molar-refractivity contribution in [2.75, 3.05) is 0 Å². The predicted molar refractivity (Wildman–Crippen MR) is 101 cm³/mol. The van der Waals surface area contributed by atoms with Gasteiger partial charge in [0.2, 0.25) is 0 Å². The smallest absolute Gasteiger partial charge is 0.00445 e. The van der Waals surface area contributed by atoms with Crippen LogP contribution in [0.1, 0.15) is 38.5 Å². The lowest BCUT2D eigenvalue weighted by Gasteiger charge is -2.18. The van der Waals surface area contributed by atoms with E-state index in [0.29, 0.717) is 0 Å². The highest BCUT2D eigenvalue weighted by Gasteiger charge is 2.44. The highest BCUT2D eigenvalue weighted by molar-refractivity contribution is 5.22. The molecule has 6 unspecified atom stereocenters. The highest BCUT2D eigenvalue weighted by Crippen LogP contribution is 2.52. The fourth-order valence-corrected chi connectivity index (χ4v) is 6.02. The molecule has 6 bridgehead atoms. The second-order valence-electron chi connectivity index (χ2n) is 8.90. The molecule has 0 aromatic heterocycles. The first-order valence-corrected chi connectivity index (χ1v) is 10.2. The SMILES string of the molecule is C1=CC2C3C=CC(C3)C2C1.C1=CC2C=CC1C2.C1=CC2CCC1C2. The second kappa shape index (κ2) is 6.21. The summed E-state index contributed by atoms with van der Waals surface area (Å²) in [5.74, 6) is 7.42. The molecule has 7 aliphatic carbocycles. The molecule has 2 saturated carbocycles. The van der Waals surface area contributed by atoms with Crippen LogP contribution in [0.25, 0.3) is 0 Å². The molecular formula is C24H30. The van der Waals surface area contributed by atoms with Crippen molar-refractivity contribution in [3.05, 3.63) is 60.8 Å². The third kappa shape index (κ3) is 2.79. The predicted octanol–water partition coefficient (Wildman–Crippen LogP) is 6.11. The van der Waals surface area contributed by atoms with Gasteiger partial charge in [-0.3, -0.25) is 0 Å². The van der Waals surface area contributed by atoms with Gasteiger partial charge in [0, 0.05) is 0 Å². The molecule has 24 heavy (non-hydrogen) atoms. The molecule has 126 valence electrons. The Kier molecular flexibility index (Phi) is 3.88. The molecule has 0 spiro atoms. The summed E-state index contributed by atoms with van der Waals surface area (Å²) in [5.41, 5.74) is 0. The summed E-state index contributed by atoms with van der Waals surface area (Å²) in [6.45, 7) is 0. The van der Waals surface area contributed by atoms with Gasteiger partial charge in [-0.2, -0.15) is 0 Å². The van der Waals surface area contributed by atoms with Gasteiger partial charge in [0.15, 0.2) is 0 Å². The van der Waals surface area contributed by atoms with Crippen LogP contribution in [-0.4, -0.2) is 0 Å². The third-order valence-electron chi connectivity index (χ3n) is 7.38. The molecule has 0 nitrogen and oxygen atoms in total. The molecule has 0 aromatic rings. The van der Waals surface area contributed by atoms with Gasteiger partial charge in [0.25, 0.3) is 0 Å². The van der Waals surface area contributed by atoms with Crippen molar-refractivity contribution >= 4 is 0 Å². The van der Waals surface area contributed by atoms with E-state index in [1.807, 2.05) is 0 Å². The number of rotatable bonds is 0. The molecule has 6 atom stereocenters. The molecule has 0 heteroatoms. The fourth-order valence-electron chi connectivity index (χ4n) is 6.02. The monoisotopic (exact) mass is 318 g/mol. The van der Waals surface area contributed by atoms with E-state index in [1.54, 1.807) is 0 Å². The Morgan fingerprint density at radius 3 is 1.67 bits per heavy atom. The number of hydrogen-bond acceptors (Lipinski definition) is 0. The molecule has 0 radical (unpaired) electrons. The highest BCUT2D eigenvalue weighted by atomic mass is 14.5. The zero-order valence-electron chi connectivity index (χ0n) is 14.6. The van der Waals surface area contributed by atoms with Gasteiger partial charge in [0.1, 0.15) is 0 Å². The molecule has 7 rings (SSSR count). The average Bonchev–Trinajstić information content (AvgIpc) is 3.48. The van der Waals surface area contributed by atoms with Crippen LogP contribution in [0.5, 0.6) is 0 Å². The van der Waals surface area contributed by atoms with E-state index >= 15 is 0 Å². The molecule has 0 aliphatic heterocycles. The summed E-state index contributed by atoms with van der Waals surface area (Å²) in [5, 5.41) is 0. The van der Waals surface area contributed by atoms with Crippen LogP contribution >= 0.6 is 0 Å². The van der Waals surface area contributed by atoms with E-state index in [4.69, 9.17) is 0 Å². The minimum Gasteiger partial charge on any atom is -0.0879 e. The Morgan fingerprint density at radius 2 is 1.21 bits per heavy atom. The van der Waals surface area contributed by atoms with Gasteiger partial charge < -0.3 is 0 Å². The molecule has 0 amide bonds. The summed E-state index contributed by atoms with van der Waals surface area (Å²) in [7, 11) is 0. The minimum atomic E-state index is 0.810. The zero-order valence-corrected chi connectivity index (χ0v) is 14.6. The molecule has 0 heterocycles. The van der Waals surface area contributed by atoms with Crippen molar-refractivity contribution in [2.45, 2.75) is 38.5 Å². The third-order valence-corrected chi connectivity index (χ3v) is 7.38. The topological polar surface area (TPSA) is 0 Å². The molecule has 7 aliphatic rings. The summed E-state index contributed by atoms with van der Waals surface area (Å²) in [6.07, 6.45) is 32.2. The summed E-state index contributed by atoms with van der Waals surface area (Å²) >= 11 is 0. The van der Waals surface area contributed by atoms with Crippen LogP contribution in [0.2, 0.25) is 0 Å². The quantitative estimate of drug-likeness (QED) is 0.473. The van der Waals surface area contributed by atoms with Gasteiger partial charge in [0.05, 0.1) is 0 Å². The molecule has 0 aromatic carbocycles. The molecule has 0 saturated heterocycles. The summed E-state index contributed by atoms with van der Waals surface area (Å²) in [4.78, 5) is 0. The normalized spacial score (nSPS) is 48.7. The van der Waals surface area contributed by atoms with Gasteiger partial charge in [-0.25, -0.2) is 0 Å². The number of allylic oxidation sites excluding steroid dienone is 10. The molecular weight excluding hydrogens is 288 g/mol. The van der Waals surface area contributed by atoms with Crippen LogP contribution in [0, 0.1) is 47.3 Å².